The Morgan fingerprint density at radius 3 is 3.00 bits per heavy atom. The zero-order chi connectivity index (χ0) is 16.6. The first kappa shape index (κ1) is 14.4. The number of rotatable bonds is 1. The molecule has 2 aromatic heterocycles. The van der Waals surface area contributed by atoms with Crippen LogP contribution in [0.15, 0.2) is 28.2 Å². The fourth-order valence-corrected chi connectivity index (χ4v) is 7.47. The summed E-state index contributed by atoms with van der Waals surface area (Å²) in [6.07, 6.45) is 0. The van der Waals surface area contributed by atoms with Gasteiger partial charge in [0.25, 0.3) is 5.56 Å². The first-order valence-electron chi connectivity index (χ1n) is 7.46. The average Bonchev–Trinajstić information content (AvgIpc) is 3.14. The van der Waals surface area contributed by atoms with Crippen molar-refractivity contribution in [3.63, 3.8) is 0 Å². The van der Waals surface area contributed by atoms with E-state index in [1.54, 1.807) is 11.7 Å². The predicted molar refractivity (Wildman–Crippen MR) is 91.7 cm³/mol. The van der Waals surface area contributed by atoms with Crippen LogP contribution in [0.4, 0.5) is 0 Å². The van der Waals surface area contributed by atoms with Gasteiger partial charge in [-0.1, -0.05) is 11.8 Å². The molecule has 3 aromatic rings. The molecule has 0 saturated carbocycles. The highest BCUT2D eigenvalue weighted by molar-refractivity contribution is 8.02. The van der Waals surface area contributed by atoms with Crippen LogP contribution < -0.4 is 10.3 Å². The van der Waals surface area contributed by atoms with Gasteiger partial charge >= 0.3 is 0 Å². The zero-order valence-electron chi connectivity index (χ0n) is 12.6. The molecule has 4 heterocycles. The van der Waals surface area contributed by atoms with E-state index in [1.165, 1.54) is 11.8 Å². The number of nitrogens with one attached hydrogen (secondary N) is 1. The number of sulfone groups is 1. The smallest absolute Gasteiger partial charge is 0.278 e. The number of thioether (sulfide) groups is 1. The van der Waals surface area contributed by atoms with Gasteiger partial charge in [-0.3, -0.25) is 9.36 Å². The van der Waals surface area contributed by atoms with Crippen molar-refractivity contribution >= 4 is 43.5 Å². The maximum Gasteiger partial charge on any atom is 0.278 e. The van der Waals surface area contributed by atoms with Crippen LogP contribution in [0.3, 0.4) is 0 Å². The number of hydrogen-bond acceptors (Lipinski definition) is 6. The number of aromatic nitrogens is 3. The number of benzene rings is 1. The molecule has 0 bridgehead atoms. The van der Waals surface area contributed by atoms with Crippen LogP contribution in [0.5, 0.6) is 5.75 Å². The van der Waals surface area contributed by atoms with E-state index >= 15 is 0 Å². The summed E-state index contributed by atoms with van der Waals surface area (Å²) in [5.41, 5.74) is 1.62. The summed E-state index contributed by atoms with van der Waals surface area (Å²) in [5.74, 6) is 0.813. The number of nitrogens with zero attached hydrogens (tertiary/aromatic N) is 2. The number of aromatic amines is 1. The molecule has 0 spiro atoms. The predicted octanol–water partition coefficient (Wildman–Crippen LogP) is 1.33. The molecule has 1 N–H and O–H groups in total. The fourth-order valence-electron chi connectivity index (χ4n) is 3.57. The van der Waals surface area contributed by atoms with Gasteiger partial charge in [-0.2, -0.15) is 0 Å². The van der Waals surface area contributed by atoms with Crippen LogP contribution in [0, 0.1) is 0 Å². The first-order valence-corrected chi connectivity index (χ1v) is 10.2. The highest BCUT2D eigenvalue weighted by Crippen LogP contribution is 2.44. The number of fused-ring (bicyclic) bond motifs is 6. The molecule has 2 aliphatic heterocycles. The van der Waals surface area contributed by atoms with Gasteiger partial charge in [0, 0.05) is 16.2 Å². The Bertz CT molecular complexity index is 1180. The van der Waals surface area contributed by atoms with Gasteiger partial charge in [0.1, 0.15) is 16.8 Å². The second-order valence-corrected chi connectivity index (χ2v) is 9.49. The Balaban J connectivity index is 1.80. The highest BCUT2D eigenvalue weighted by atomic mass is 32.2. The van der Waals surface area contributed by atoms with Gasteiger partial charge in [0.05, 0.1) is 24.7 Å². The summed E-state index contributed by atoms with van der Waals surface area (Å²) in [6.45, 7) is 0. The quantitative estimate of drug-likeness (QED) is 0.656. The Labute approximate surface area is 140 Å². The Morgan fingerprint density at radius 1 is 1.38 bits per heavy atom. The minimum atomic E-state index is -3.09. The summed E-state index contributed by atoms with van der Waals surface area (Å²) in [6, 6.07) is 5.20. The second-order valence-electron chi connectivity index (χ2n) is 6.13. The van der Waals surface area contributed by atoms with Crippen LogP contribution in [0.1, 0.15) is 6.04 Å². The summed E-state index contributed by atoms with van der Waals surface area (Å²) < 4.78 is 30.5. The standard InChI is InChI=1S/C15H13N3O4S2/c1-22-7-2-3-9-8(4-7)12-13(16-9)14(19)18-10-5-24(20,21)6-11(10)23-15(18)17-12/h2-4,10-11,16H,5-6H2,1H3. The van der Waals surface area contributed by atoms with E-state index in [4.69, 9.17) is 4.74 Å². The molecule has 1 saturated heterocycles. The first-order chi connectivity index (χ1) is 11.5. The number of methoxy groups -OCH3 is 1. The zero-order valence-corrected chi connectivity index (χ0v) is 14.3. The van der Waals surface area contributed by atoms with Crippen molar-refractivity contribution in [2.45, 2.75) is 16.4 Å². The molecule has 1 aromatic carbocycles. The third-order valence-corrected chi connectivity index (χ3v) is 7.89. The fraction of sp³-hybridized carbons (Fsp3) is 0.333. The minimum absolute atomic E-state index is 0.0127. The molecular formula is C15H13N3O4S2. The summed E-state index contributed by atoms with van der Waals surface area (Å²) in [5, 5.41) is 1.30. The summed E-state index contributed by atoms with van der Waals surface area (Å²) in [4.78, 5) is 20.7. The molecule has 124 valence electrons. The van der Waals surface area contributed by atoms with Crippen LogP contribution in [-0.4, -0.2) is 46.8 Å². The van der Waals surface area contributed by atoms with E-state index in [0.717, 1.165) is 10.9 Å². The maximum atomic E-state index is 13.0. The molecule has 2 unspecified atom stereocenters. The molecule has 0 radical (unpaired) electrons. The summed E-state index contributed by atoms with van der Waals surface area (Å²) >= 11 is 1.39. The molecule has 1 fully saturated rings. The lowest BCUT2D eigenvalue weighted by Crippen LogP contribution is -2.27. The normalized spacial score (nSPS) is 24.4. The van der Waals surface area contributed by atoms with Crippen molar-refractivity contribution in [3.05, 3.63) is 28.6 Å². The van der Waals surface area contributed by atoms with Crippen molar-refractivity contribution in [3.8, 4) is 5.75 Å². The molecule has 2 aliphatic rings. The van der Waals surface area contributed by atoms with Gasteiger partial charge in [0.2, 0.25) is 0 Å². The Hall–Kier alpha value is -2.00. The monoisotopic (exact) mass is 363 g/mol. The van der Waals surface area contributed by atoms with Crippen LogP contribution >= 0.6 is 11.8 Å². The van der Waals surface area contributed by atoms with E-state index in [1.807, 2.05) is 18.2 Å². The summed E-state index contributed by atoms with van der Waals surface area (Å²) in [7, 11) is -1.50. The average molecular weight is 363 g/mol. The third-order valence-electron chi connectivity index (χ3n) is 4.69. The van der Waals surface area contributed by atoms with Gasteiger partial charge in [-0.25, -0.2) is 13.4 Å². The SMILES string of the molecule is COc1ccc2[nH]c3c(=O)n4c(nc3c2c1)SC1CS(=O)(=O)CC14. The lowest BCUT2D eigenvalue weighted by Gasteiger charge is -2.09. The van der Waals surface area contributed by atoms with Crippen molar-refractivity contribution < 1.29 is 13.2 Å². The Kier molecular flexibility index (Phi) is 2.72. The Morgan fingerprint density at radius 2 is 2.21 bits per heavy atom. The highest BCUT2D eigenvalue weighted by Gasteiger charge is 2.46. The molecule has 0 amide bonds. The van der Waals surface area contributed by atoms with Crippen molar-refractivity contribution in [2.24, 2.45) is 0 Å². The van der Waals surface area contributed by atoms with E-state index in [-0.39, 0.29) is 28.4 Å². The van der Waals surface area contributed by atoms with Crippen molar-refractivity contribution in [1.82, 2.24) is 14.5 Å². The molecule has 7 nitrogen and oxygen atoms in total. The topological polar surface area (TPSA) is 94.1 Å². The van der Waals surface area contributed by atoms with Gasteiger partial charge in [-0.15, -0.1) is 0 Å². The van der Waals surface area contributed by atoms with Crippen LogP contribution in [-0.2, 0) is 9.84 Å². The largest absolute Gasteiger partial charge is 0.497 e. The molecule has 0 aliphatic carbocycles. The van der Waals surface area contributed by atoms with Gasteiger partial charge < -0.3 is 9.72 Å². The van der Waals surface area contributed by atoms with E-state index in [9.17, 15) is 13.2 Å². The minimum Gasteiger partial charge on any atom is -0.497 e. The lowest BCUT2D eigenvalue weighted by atomic mass is 10.2. The number of H-pyrrole nitrogens is 1. The van der Waals surface area contributed by atoms with E-state index in [0.29, 0.717) is 21.9 Å². The molecule has 9 heteroatoms. The van der Waals surface area contributed by atoms with E-state index in [2.05, 4.69) is 9.97 Å². The molecule has 2 atom stereocenters. The molecule has 5 rings (SSSR count). The van der Waals surface area contributed by atoms with Crippen molar-refractivity contribution in [1.29, 1.82) is 0 Å². The third kappa shape index (κ3) is 1.82. The van der Waals surface area contributed by atoms with Gasteiger partial charge in [0.15, 0.2) is 15.0 Å². The lowest BCUT2D eigenvalue weighted by molar-refractivity contribution is 0.415. The van der Waals surface area contributed by atoms with E-state index < -0.39 is 9.84 Å². The molecule has 24 heavy (non-hydrogen) atoms. The molecular weight excluding hydrogens is 350 g/mol. The number of ether oxygens (including phenoxy) is 1. The van der Waals surface area contributed by atoms with Gasteiger partial charge in [-0.05, 0) is 18.2 Å². The number of hydrogen-bond donors (Lipinski definition) is 1. The van der Waals surface area contributed by atoms with Crippen LogP contribution in [0.25, 0.3) is 21.9 Å². The van der Waals surface area contributed by atoms with Crippen LogP contribution in [0.2, 0.25) is 0 Å². The van der Waals surface area contributed by atoms with Crippen molar-refractivity contribution in [2.75, 3.05) is 18.6 Å². The second kappa shape index (κ2) is 4.54. The maximum absolute atomic E-state index is 13.0.